The Morgan fingerprint density at radius 3 is 3.26 bits per heavy atom. The van der Waals surface area contributed by atoms with Gasteiger partial charge in [-0.3, -0.25) is 0 Å². The summed E-state index contributed by atoms with van der Waals surface area (Å²) in [5, 5.41) is 17.8. The number of hydrogen-bond acceptors (Lipinski definition) is 6. The van der Waals surface area contributed by atoms with E-state index in [0.717, 1.165) is 17.4 Å². The quantitative estimate of drug-likeness (QED) is 0.639. The van der Waals surface area contributed by atoms with Crippen molar-refractivity contribution in [2.75, 3.05) is 39.1 Å². The topological polar surface area (TPSA) is 71.3 Å². The van der Waals surface area contributed by atoms with E-state index in [0.29, 0.717) is 32.8 Å². The third-order valence-corrected chi connectivity index (χ3v) is 3.98. The van der Waals surface area contributed by atoms with Gasteiger partial charge in [0.15, 0.2) is 5.16 Å². The van der Waals surface area contributed by atoms with E-state index in [1.807, 2.05) is 19.5 Å². The SMILES string of the molecule is CSc1ncc(CNCC2(O)CNCCOC2)n1C. The molecule has 2 heterocycles. The van der Waals surface area contributed by atoms with Gasteiger partial charge in [-0.05, 0) is 6.26 Å². The van der Waals surface area contributed by atoms with Crippen molar-refractivity contribution in [3.63, 3.8) is 0 Å². The van der Waals surface area contributed by atoms with Crippen molar-refractivity contribution in [1.82, 2.24) is 20.2 Å². The van der Waals surface area contributed by atoms with Crippen LogP contribution in [0.2, 0.25) is 0 Å². The molecule has 1 aromatic rings. The van der Waals surface area contributed by atoms with Crippen molar-refractivity contribution in [3.8, 4) is 0 Å². The lowest BCUT2D eigenvalue weighted by atomic mass is 10.1. The highest BCUT2D eigenvalue weighted by molar-refractivity contribution is 7.98. The summed E-state index contributed by atoms with van der Waals surface area (Å²) in [7, 11) is 2.00. The van der Waals surface area contributed by atoms with Crippen LogP contribution in [0.1, 0.15) is 5.69 Å². The molecule has 2 rings (SSSR count). The molecule has 0 radical (unpaired) electrons. The van der Waals surface area contributed by atoms with E-state index in [4.69, 9.17) is 4.74 Å². The minimum absolute atomic E-state index is 0.369. The van der Waals surface area contributed by atoms with E-state index in [9.17, 15) is 5.11 Å². The van der Waals surface area contributed by atoms with Gasteiger partial charge in [-0.1, -0.05) is 11.8 Å². The van der Waals surface area contributed by atoms with E-state index in [1.54, 1.807) is 11.8 Å². The number of ether oxygens (including phenoxy) is 1. The molecule has 1 saturated heterocycles. The maximum atomic E-state index is 10.4. The molecule has 1 aliphatic heterocycles. The van der Waals surface area contributed by atoms with Crippen LogP contribution in [0.5, 0.6) is 0 Å². The van der Waals surface area contributed by atoms with Gasteiger partial charge >= 0.3 is 0 Å². The summed E-state index contributed by atoms with van der Waals surface area (Å²) in [5.41, 5.74) is 0.271. The van der Waals surface area contributed by atoms with Gasteiger partial charge in [0, 0.05) is 33.2 Å². The van der Waals surface area contributed by atoms with Gasteiger partial charge in [-0.25, -0.2) is 4.98 Å². The van der Waals surface area contributed by atoms with Crippen LogP contribution >= 0.6 is 11.8 Å². The fraction of sp³-hybridized carbons (Fsp3) is 0.750. The monoisotopic (exact) mass is 286 g/mol. The van der Waals surface area contributed by atoms with E-state index in [1.165, 1.54) is 0 Å². The van der Waals surface area contributed by atoms with Crippen LogP contribution in [0.4, 0.5) is 0 Å². The Morgan fingerprint density at radius 1 is 1.68 bits per heavy atom. The fourth-order valence-electron chi connectivity index (χ4n) is 2.10. The van der Waals surface area contributed by atoms with Crippen molar-refractivity contribution in [2.24, 2.45) is 7.05 Å². The Hall–Kier alpha value is -0.600. The minimum Gasteiger partial charge on any atom is -0.385 e. The zero-order valence-corrected chi connectivity index (χ0v) is 12.3. The van der Waals surface area contributed by atoms with Crippen LogP contribution < -0.4 is 10.6 Å². The second kappa shape index (κ2) is 6.71. The lowest BCUT2D eigenvalue weighted by Crippen LogP contribution is -2.50. The molecule has 1 fully saturated rings. The van der Waals surface area contributed by atoms with E-state index in [-0.39, 0.29) is 0 Å². The average molecular weight is 286 g/mol. The van der Waals surface area contributed by atoms with Crippen molar-refractivity contribution < 1.29 is 9.84 Å². The highest BCUT2D eigenvalue weighted by Crippen LogP contribution is 2.13. The van der Waals surface area contributed by atoms with Crippen molar-refractivity contribution in [2.45, 2.75) is 17.3 Å². The number of thioether (sulfide) groups is 1. The van der Waals surface area contributed by atoms with Crippen LogP contribution in [0.3, 0.4) is 0 Å². The van der Waals surface area contributed by atoms with Crippen molar-refractivity contribution in [1.29, 1.82) is 0 Å². The van der Waals surface area contributed by atoms with Gasteiger partial charge in [-0.15, -0.1) is 0 Å². The lowest BCUT2D eigenvalue weighted by Gasteiger charge is -2.26. The number of nitrogens with zero attached hydrogens (tertiary/aromatic N) is 2. The van der Waals surface area contributed by atoms with Gasteiger partial charge in [-0.2, -0.15) is 0 Å². The predicted octanol–water partition coefficient (Wildman–Crippen LogP) is -0.417. The van der Waals surface area contributed by atoms with Gasteiger partial charge in [0.05, 0.1) is 25.1 Å². The zero-order chi connectivity index (χ0) is 13.7. The molecule has 1 aliphatic rings. The van der Waals surface area contributed by atoms with Crippen LogP contribution in [-0.2, 0) is 18.3 Å². The summed E-state index contributed by atoms with van der Waals surface area (Å²) in [6, 6.07) is 0. The summed E-state index contributed by atoms with van der Waals surface area (Å²) in [6.45, 7) is 3.56. The zero-order valence-electron chi connectivity index (χ0n) is 11.5. The Balaban J connectivity index is 1.83. The molecule has 0 saturated carbocycles. The third kappa shape index (κ3) is 3.93. The second-order valence-corrected chi connectivity index (χ2v) is 5.63. The highest BCUT2D eigenvalue weighted by Gasteiger charge is 2.28. The van der Waals surface area contributed by atoms with Gasteiger partial charge in [0.25, 0.3) is 0 Å². The number of aliphatic hydroxyl groups is 1. The molecular weight excluding hydrogens is 264 g/mol. The Labute approximate surface area is 117 Å². The molecule has 108 valence electrons. The Bertz CT molecular complexity index is 402. The molecule has 6 nitrogen and oxygen atoms in total. The Kier molecular flexibility index (Phi) is 5.23. The van der Waals surface area contributed by atoms with Crippen LogP contribution in [0.15, 0.2) is 11.4 Å². The number of hydrogen-bond donors (Lipinski definition) is 3. The summed E-state index contributed by atoms with van der Waals surface area (Å²) >= 11 is 1.62. The number of aromatic nitrogens is 2. The average Bonchev–Trinajstić information content (AvgIpc) is 2.60. The molecular formula is C12H22N4O2S. The molecule has 0 bridgehead atoms. The molecule has 19 heavy (non-hydrogen) atoms. The van der Waals surface area contributed by atoms with Crippen LogP contribution in [-0.4, -0.2) is 59.4 Å². The second-order valence-electron chi connectivity index (χ2n) is 4.85. The van der Waals surface area contributed by atoms with Crippen LogP contribution in [0.25, 0.3) is 0 Å². The van der Waals surface area contributed by atoms with Crippen molar-refractivity contribution >= 4 is 11.8 Å². The summed E-state index contributed by atoms with van der Waals surface area (Å²) in [4.78, 5) is 4.32. The first-order chi connectivity index (χ1) is 9.14. The molecule has 0 spiro atoms. The standard InChI is InChI=1S/C12H22N4O2S/c1-16-10(6-15-11(16)19-2)5-14-8-12(17)7-13-3-4-18-9-12/h6,13-14,17H,3-5,7-9H2,1-2H3. The number of imidazole rings is 1. The van der Waals surface area contributed by atoms with Gasteiger partial charge < -0.3 is 25.0 Å². The fourth-order valence-corrected chi connectivity index (χ4v) is 2.64. The normalized spacial score (nSPS) is 24.4. The first-order valence-corrected chi connectivity index (χ1v) is 7.63. The van der Waals surface area contributed by atoms with E-state index < -0.39 is 5.60 Å². The Morgan fingerprint density at radius 2 is 2.53 bits per heavy atom. The summed E-state index contributed by atoms with van der Waals surface area (Å²) in [5.74, 6) is 0. The molecule has 0 aliphatic carbocycles. The van der Waals surface area contributed by atoms with Crippen molar-refractivity contribution in [3.05, 3.63) is 11.9 Å². The first-order valence-electron chi connectivity index (χ1n) is 6.41. The molecule has 1 aromatic heterocycles. The van der Waals surface area contributed by atoms with Crippen LogP contribution in [0, 0.1) is 0 Å². The number of nitrogens with one attached hydrogen (secondary N) is 2. The van der Waals surface area contributed by atoms with Gasteiger partial charge in [0.1, 0.15) is 5.60 Å². The number of β-amino-alcohol motifs (C(OH)–C–C–N with tert-alkyl or cyclic N) is 1. The first kappa shape index (κ1) is 14.8. The summed E-state index contributed by atoms with van der Waals surface area (Å²) in [6.07, 6.45) is 3.88. The lowest BCUT2D eigenvalue weighted by molar-refractivity contribution is -0.0265. The maximum absolute atomic E-state index is 10.4. The minimum atomic E-state index is -0.836. The van der Waals surface area contributed by atoms with Gasteiger partial charge in [0.2, 0.25) is 0 Å². The third-order valence-electron chi connectivity index (χ3n) is 3.23. The molecule has 7 heteroatoms. The van der Waals surface area contributed by atoms with E-state index in [2.05, 4.69) is 20.2 Å². The molecule has 1 unspecified atom stereocenters. The smallest absolute Gasteiger partial charge is 0.167 e. The predicted molar refractivity (Wildman–Crippen MR) is 75.3 cm³/mol. The largest absolute Gasteiger partial charge is 0.385 e. The molecule has 1 atom stereocenters. The molecule has 0 aromatic carbocycles. The maximum Gasteiger partial charge on any atom is 0.167 e. The van der Waals surface area contributed by atoms with E-state index >= 15 is 0 Å². The highest BCUT2D eigenvalue weighted by atomic mass is 32.2. The number of rotatable bonds is 5. The molecule has 3 N–H and O–H groups in total. The molecule has 0 amide bonds. The summed E-state index contributed by atoms with van der Waals surface area (Å²) < 4.78 is 7.44.